The number of hydrogen-bond donors (Lipinski definition) is 1. The molecule has 1 aromatic heterocycles. The number of nitrogens with zero attached hydrogens (tertiary/aromatic N) is 4. The van der Waals surface area contributed by atoms with Crippen LogP contribution in [0.4, 0.5) is 5.82 Å². The van der Waals surface area contributed by atoms with E-state index in [-0.39, 0.29) is 5.91 Å². The van der Waals surface area contributed by atoms with Gasteiger partial charge >= 0.3 is 0 Å². The summed E-state index contributed by atoms with van der Waals surface area (Å²) in [4.78, 5) is 25.6. The van der Waals surface area contributed by atoms with E-state index in [0.29, 0.717) is 41.4 Å². The SMILES string of the molecule is CN(C)CCNC(=O)c1ccc(CSc2nc(Cl)cc(N3CCC4(CC3)OCCO4)n2)cc1. The average molecular weight is 492 g/mol. The molecule has 1 aromatic carbocycles. The zero-order chi connectivity index (χ0) is 23.3. The number of anilines is 1. The van der Waals surface area contributed by atoms with Crippen LogP contribution in [0, 0.1) is 0 Å². The lowest BCUT2D eigenvalue weighted by molar-refractivity contribution is -0.169. The molecule has 33 heavy (non-hydrogen) atoms. The van der Waals surface area contributed by atoms with Crippen molar-refractivity contribution in [3.8, 4) is 0 Å². The summed E-state index contributed by atoms with van der Waals surface area (Å²) in [5, 5.41) is 3.99. The number of thioether (sulfide) groups is 1. The van der Waals surface area contributed by atoms with Crippen molar-refractivity contribution in [2.75, 3.05) is 58.4 Å². The van der Waals surface area contributed by atoms with Gasteiger partial charge in [0.15, 0.2) is 10.9 Å². The molecule has 1 spiro atoms. The summed E-state index contributed by atoms with van der Waals surface area (Å²) < 4.78 is 11.6. The Morgan fingerprint density at radius 3 is 2.55 bits per heavy atom. The maximum absolute atomic E-state index is 12.2. The van der Waals surface area contributed by atoms with Gasteiger partial charge < -0.3 is 24.6 Å². The minimum atomic E-state index is -0.416. The molecule has 1 amide bonds. The minimum Gasteiger partial charge on any atom is -0.356 e. The number of halogens is 1. The van der Waals surface area contributed by atoms with Crippen LogP contribution < -0.4 is 10.2 Å². The number of likely N-dealkylation sites (N-methyl/N-ethyl adjacent to an activating group) is 1. The van der Waals surface area contributed by atoms with Crippen LogP contribution in [0.15, 0.2) is 35.5 Å². The Balaban J connectivity index is 1.31. The summed E-state index contributed by atoms with van der Waals surface area (Å²) in [5.74, 6) is 1.04. The maximum Gasteiger partial charge on any atom is 0.251 e. The van der Waals surface area contributed by atoms with Crippen LogP contribution in [-0.4, -0.2) is 80.1 Å². The first-order valence-electron chi connectivity index (χ1n) is 11.1. The van der Waals surface area contributed by atoms with Crippen LogP contribution in [0.5, 0.6) is 0 Å². The summed E-state index contributed by atoms with van der Waals surface area (Å²) >= 11 is 7.83. The number of amides is 1. The van der Waals surface area contributed by atoms with Gasteiger partial charge in [-0.05, 0) is 31.8 Å². The fourth-order valence-corrected chi connectivity index (χ4v) is 4.91. The molecule has 2 fully saturated rings. The summed E-state index contributed by atoms with van der Waals surface area (Å²) in [5.41, 5.74) is 1.74. The second-order valence-corrected chi connectivity index (χ2v) is 9.80. The topological polar surface area (TPSA) is 79.8 Å². The van der Waals surface area contributed by atoms with Crippen molar-refractivity contribution < 1.29 is 14.3 Å². The first-order chi connectivity index (χ1) is 15.9. The van der Waals surface area contributed by atoms with E-state index in [9.17, 15) is 4.79 Å². The Hall–Kier alpha value is -1.91. The third-order valence-electron chi connectivity index (χ3n) is 5.75. The van der Waals surface area contributed by atoms with Crippen molar-refractivity contribution >= 4 is 35.1 Å². The van der Waals surface area contributed by atoms with Crippen molar-refractivity contribution in [2.24, 2.45) is 0 Å². The smallest absolute Gasteiger partial charge is 0.251 e. The summed E-state index contributed by atoms with van der Waals surface area (Å²) in [7, 11) is 3.96. The van der Waals surface area contributed by atoms with Gasteiger partial charge in [-0.3, -0.25) is 4.79 Å². The van der Waals surface area contributed by atoms with Crippen LogP contribution in [0.3, 0.4) is 0 Å². The maximum atomic E-state index is 12.2. The Labute approximate surface area is 204 Å². The molecule has 178 valence electrons. The molecule has 0 unspecified atom stereocenters. The highest BCUT2D eigenvalue weighted by molar-refractivity contribution is 7.98. The average Bonchev–Trinajstić information content (AvgIpc) is 3.25. The second kappa shape index (κ2) is 11.0. The van der Waals surface area contributed by atoms with Gasteiger partial charge in [-0.15, -0.1) is 0 Å². The third-order valence-corrected chi connectivity index (χ3v) is 6.86. The van der Waals surface area contributed by atoms with Crippen molar-refractivity contribution in [1.29, 1.82) is 0 Å². The molecule has 10 heteroatoms. The molecule has 4 rings (SSSR count). The van der Waals surface area contributed by atoms with Crippen LogP contribution in [0.2, 0.25) is 5.15 Å². The number of carbonyl (C=O) groups is 1. The van der Waals surface area contributed by atoms with Gasteiger partial charge in [-0.1, -0.05) is 35.5 Å². The lowest BCUT2D eigenvalue weighted by Crippen LogP contribution is -2.45. The quantitative estimate of drug-likeness (QED) is 0.343. The number of aromatic nitrogens is 2. The summed E-state index contributed by atoms with van der Waals surface area (Å²) in [6, 6.07) is 9.43. The first kappa shape index (κ1) is 24.2. The zero-order valence-electron chi connectivity index (χ0n) is 19.1. The standard InChI is InChI=1S/C23H30ClN5O3S/c1-28(2)12-9-25-21(30)18-5-3-17(4-6-18)16-33-22-26-19(24)15-20(27-22)29-10-7-23(8-11-29)31-13-14-32-23/h3-6,15H,7-14,16H2,1-2H3,(H,25,30). The van der Waals surface area contributed by atoms with Gasteiger partial charge in [-0.2, -0.15) is 0 Å². The minimum absolute atomic E-state index is 0.0596. The highest BCUT2D eigenvalue weighted by Crippen LogP contribution is 2.33. The molecule has 8 nitrogen and oxygen atoms in total. The number of benzene rings is 1. The fourth-order valence-electron chi connectivity index (χ4n) is 3.87. The second-order valence-electron chi connectivity index (χ2n) is 8.47. The van der Waals surface area contributed by atoms with E-state index < -0.39 is 5.79 Å². The molecule has 2 aliphatic rings. The first-order valence-corrected chi connectivity index (χ1v) is 12.5. The number of hydrogen-bond acceptors (Lipinski definition) is 8. The van der Waals surface area contributed by atoms with E-state index in [0.717, 1.165) is 43.9 Å². The van der Waals surface area contributed by atoms with E-state index in [1.807, 2.05) is 49.3 Å². The van der Waals surface area contributed by atoms with Gasteiger partial charge in [0.25, 0.3) is 5.91 Å². The summed E-state index contributed by atoms with van der Waals surface area (Å²) in [6.07, 6.45) is 1.62. The molecular weight excluding hydrogens is 462 g/mol. The Bertz CT molecular complexity index is 944. The molecule has 0 saturated carbocycles. The van der Waals surface area contributed by atoms with E-state index in [1.54, 1.807) is 0 Å². The monoisotopic (exact) mass is 491 g/mol. The van der Waals surface area contributed by atoms with Gasteiger partial charge in [0.2, 0.25) is 0 Å². The number of carbonyl (C=O) groups excluding carboxylic acids is 1. The fraction of sp³-hybridized carbons (Fsp3) is 0.522. The normalized spacial score (nSPS) is 17.6. The van der Waals surface area contributed by atoms with Gasteiger partial charge in [0.1, 0.15) is 11.0 Å². The highest BCUT2D eigenvalue weighted by Gasteiger charge is 2.40. The molecule has 2 saturated heterocycles. The van der Waals surface area contributed by atoms with Crippen LogP contribution in [-0.2, 0) is 15.2 Å². The molecule has 2 aliphatic heterocycles. The number of piperidine rings is 1. The van der Waals surface area contributed by atoms with Gasteiger partial charge in [0, 0.05) is 56.4 Å². The molecule has 3 heterocycles. The van der Waals surface area contributed by atoms with Crippen molar-refractivity contribution in [3.63, 3.8) is 0 Å². The van der Waals surface area contributed by atoms with Crippen molar-refractivity contribution in [2.45, 2.75) is 29.5 Å². The molecule has 0 aliphatic carbocycles. The zero-order valence-corrected chi connectivity index (χ0v) is 20.6. The van der Waals surface area contributed by atoms with Crippen LogP contribution in [0.1, 0.15) is 28.8 Å². The molecule has 0 atom stereocenters. The molecule has 1 N–H and O–H groups in total. The Morgan fingerprint density at radius 1 is 1.18 bits per heavy atom. The highest BCUT2D eigenvalue weighted by atomic mass is 35.5. The van der Waals surface area contributed by atoms with E-state index in [1.165, 1.54) is 11.8 Å². The lowest BCUT2D eigenvalue weighted by atomic mass is 10.0. The van der Waals surface area contributed by atoms with Crippen molar-refractivity contribution in [3.05, 3.63) is 46.6 Å². The predicted octanol–water partition coefficient (Wildman–Crippen LogP) is 3.06. The van der Waals surface area contributed by atoms with Crippen LogP contribution in [0.25, 0.3) is 0 Å². The lowest BCUT2D eigenvalue weighted by Gasteiger charge is -2.38. The summed E-state index contributed by atoms with van der Waals surface area (Å²) in [6.45, 7) is 4.37. The largest absolute Gasteiger partial charge is 0.356 e. The van der Waals surface area contributed by atoms with E-state index in [4.69, 9.17) is 26.1 Å². The molecule has 2 aromatic rings. The van der Waals surface area contributed by atoms with Crippen molar-refractivity contribution in [1.82, 2.24) is 20.2 Å². The molecule has 0 radical (unpaired) electrons. The molecular formula is C23H30ClN5O3S. The Kier molecular flexibility index (Phi) is 8.08. The van der Waals surface area contributed by atoms with E-state index >= 15 is 0 Å². The number of ether oxygens (including phenoxy) is 2. The predicted molar refractivity (Wildman–Crippen MR) is 130 cm³/mol. The van der Waals surface area contributed by atoms with E-state index in [2.05, 4.69) is 15.2 Å². The number of rotatable bonds is 8. The Morgan fingerprint density at radius 2 is 1.88 bits per heavy atom. The third kappa shape index (κ3) is 6.58. The van der Waals surface area contributed by atoms with Crippen LogP contribution >= 0.6 is 23.4 Å². The number of nitrogens with one attached hydrogen (secondary N) is 1. The van der Waals surface area contributed by atoms with Gasteiger partial charge in [-0.25, -0.2) is 9.97 Å². The van der Waals surface area contributed by atoms with Gasteiger partial charge in [0.05, 0.1) is 13.2 Å². The molecule has 0 bridgehead atoms.